The third kappa shape index (κ3) is 2.61. The van der Waals surface area contributed by atoms with Gasteiger partial charge in [0, 0.05) is 34.4 Å². The molecule has 0 aliphatic carbocycles. The molecule has 0 aliphatic rings. The molecule has 0 amide bonds. The minimum atomic E-state index is 0.661. The maximum atomic E-state index is 9.74. The van der Waals surface area contributed by atoms with E-state index in [1.165, 1.54) is 5.56 Å². The van der Waals surface area contributed by atoms with E-state index >= 15 is 0 Å². The predicted molar refractivity (Wildman–Crippen MR) is 115 cm³/mol. The number of rotatable bonds is 2. The number of H-pyrrole nitrogens is 1. The molecule has 5 nitrogen and oxygen atoms in total. The molecule has 140 valence electrons. The van der Waals surface area contributed by atoms with Crippen molar-refractivity contribution in [2.24, 2.45) is 0 Å². The van der Waals surface area contributed by atoms with Crippen LogP contribution in [0, 0.1) is 32.1 Å². The smallest absolute Gasteiger partial charge is 0.101 e. The van der Waals surface area contributed by atoms with Crippen molar-refractivity contribution in [3.63, 3.8) is 0 Å². The number of aryl methyl sites for hydroxylation is 2. The second-order valence-electron chi connectivity index (χ2n) is 7.43. The Morgan fingerprint density at radius 1 is 1.00 bits per heavy atom. The van der Waals surface area contributed by atoms with Crippen LogP contribution in [0.25, 0.3) is 38.6 Å². The van der Waals surface area contributed by atoms with Crippen LogP contribution in [0.1, 0.15) is 22.4 Å². The molecule has 0 atom stereocenters. The molecule has 0 bridgehead atoms. The van der Waals surface area contributed by atoms with Crippen LogP contribution in [0.15, 0.2) is 55.0 Å². The summed E-state index contributed by atoms with van der Waals surface area (Å²) in [5.41, 5.74) is 9.04. The van der Waals surface area contributed by atoms with Gasteiger partial charge in [0.1, 0.15) is 6.07 Å². The number of hydrogen-bond donors (Lipinski definition) is 1. The van der Waals surface area contributed by atoms with E-state index in [0.717, 1.165) is 49.9 Å². The Bertz CT molecular complexity index is 1430. The highest BCUT2D eigenvalue weighted by Gasteiger charge is 2.17. The molecule has 0 saturated carbocycles. The molecule has 0 unspecified atom stereocenters. The van der Waals surface area contributed by atoms with Crippen LogP contribution in [0.4, 0.5) is 0 Å². The lowest BCUT2D eigenvalue weighted by molar-refractivity contribution is 1.08. The fraction of sp³-hybridized carbons (Fsp3) is 0.125. The molecule has 0 aliphatic heterocycles. The van der Waals surface area contributed by atoms with Crippen LogP contribution in [-0.2, 0) is 0 Å². The summed E-state index contributed by atoms with van der Waals surface area (Å²) in [7, 11) is 0. The monoisotopic (exact) mass is 377 g/mol. The van der Waals surface area contributed by atoms with Crippen LogP contribution in [0.5, 0.6) is 0 Å². The molecular formula is C24H19N5. The Morgan fingerprint density at radius 3 is 2.62 bits per heavy atom. The van der Waals surface area contributed by atoms with Gasteiger partial charge < -0.3 is 4.57 Å². The maximum absolute atomic E-state index is 9.74. The Balaban J connectivity index is 1.91. The Morgan fingerprint density at radius 2 is 1.86 bits per heavy atom. The van der Waals surface area contributed by atoms with E-state index in [4.69, 9.17) is 4.98 Å². The van der Waals surface area contributed by atoms with Gasteiger partial charge in [0.2, 0.25) is 0 Å². The number of nitrogens with zero attached hydrogens (tertiary/aromatic N) is 4. The van der Waals surface area contributed by atoms with Gasteiger partial charge in [-0.3, -0.25) is 10.1 Å². The van der Waals surface area contributed by atoms with Crippen molar-refractivity contribution in [1.29, 1.82) is 5.26 Å². The molecule has 3 aromatic heterocycles. The average Bonchev–Trinajstić information content (AvgIpc) is 3.37. The number of nitrogens with one attached hydrogen (secondary N) is 1. The maximum Gasteiger partial charge on any atom is 0.101 e. The molecule has 0 radical (unpaired) electrons. The lowest BCUT2D eigenvalue weighted by Crippen LogP contribution is -2.02. The largest absolute Gasteiger partial charge is 0.314 e. The van der Waals surface area contributed by atoms with E-state index in [0.29, 0.717) is 5.56 Å². The summed E-state index contributed by atoms with van der Waals surface area (Å²) in [5, 5.41) is 18.7. The number of hydrogen-bond acceptors (Lipinski definition) is 3. The molecule has 3 heterocycles. The molecule has 5 heteroatoms. The normalized spacial score (nSPS) is 11.2. The summed E-state index contributed by atoms with van der Waals surface area (Å²) < 4.78 is 2.14. The third-order valence-electron chi connectivity index (χ3n) is 5.59. The third-order valence-corrected chi connectivity index (χ3v) is 5.59. The average molecular weight is 377 g/mol. The van der Waals surface area contributed by atoms with Crippen molar-refractivity contribution in [3.05, 3.63) is 77.4 Å². The van der Waals surface area contributed by atoms with Crippen LogP contribution in [0.3, 0.4) is 0 Å². The zero-order chi connectivity index (χ0) is 20.1. The highest BCUT2D eigenvalue weighted by atomic mass is 15.1. The van der Waals surface area contributed by atoms with Crippen LogP contribution in [-0.4, -0.2) is 19.7 Å². The van der Waals surface area contributed by atoms with E-state index in [9.17, 15) is 5.26 Å². The molecule has 29 heavy (non-hydrogen) atoms. The van der Waals surface area contributed by atoms with Gasteiger partial charge in [-0.2, -0.15) is 10.4 Å². The standard InChI is InChI=1S/C24H19N5/c1-14-4-7-22-21(8-14)24(15(2)16(3)28-22)29-13-18(10-25)20-6-5-17(9-23(20)29)19-11-26-27-12-19/h4-9,11-13H,1-3H3,(H,26,27). The first-order valence-corrected chi connectivity index (χ1v) is 9.49. The number of fused-ring (bicyclic) bond motifs is 2. The quantitative estimate of drug-likeness (QED) is 0.450. The zero-order valence-corrected chi connectivity index (χ0v) is 16.5. The van der Waals surface area contributed by atoms with Gasteiger partial charge in [-0.25, -0.2) is 0 Å². The molecule has 0 fully saturated rings. The minimum Gasteiger partial charge on any atom is -0.314 e. The van der Waals surface area contributed by atoms with Gasteiger partial charge in [0.25, 0.3) is 0 Å². The van der Waals surface area contributed by atoms with Crippen LogP contribution >= 0.6 is 0 Å². The summed E-state index contributed by atoms with van der Waals surface area (Å²) >= 11 is 0. The number of aromatic amines is 1. The van der Waals surface area contributed by atoms with Crippen molar-refractivity contribution in [2.75, 3.05) is 0 Å². The lowest BCUT2D eigenvalue weighted by atomic mass is 10.0. The number of nitriles is 1. The first-order valence-electron chi connectivity index (χ1n) is 9.49. The molecule has 5 aromatic rings. The van der Waals surface area contributed by atoms with Crippen molar-refractivity contribution >= 4 is 21.8 Å². The van der Waals surface area contributed by atoms with E-state index < -0.39 is 0 Å². The second kappa shape index (κ2) is 6.32. The highest BCUT2D eigenvalue weighted by molar-refractivity contribution is 5.96. The van der Waals surface area contributed by atoms with Gasteiger partial charge in [-0.1, -0.05) is 23.8 Å². The Labute approximate surface area is 168 Å². The van der Waals surface area contributed by atoms with E-state index in [1.54, 1.807) is 6.20 Å². The molecule has 0 saturated heterocycles. The van der Waals surface area contributed by atoms with Gasteiger partial charge in [0.05, 0.1) is 28.5 Å². The van der Waals surface area contributed by atoms with Gasteiger partial charge >= 0.3 is 0 Å². The highest BCUT2D eigenvalue weighted by Crippen LogP contribution is 2.34. The number of benzene rings is 2. The van der Waals surface area contributed by atoms with E-state index in [2.05, 4.69) is 58.9 Å². The van der Waals surface area contributed by atoms with Gasteiger partial charge in [-0.15, -0.1) is 0 Å². The molecule has 0 spiro atoms. The fourth-order valence-corrected chi connectivity index (χ4v) is 3.97. The number of aromatic nitrogens is 4. The topological polar surface area (TPSA) is 70.3 Å². The van der Waals surface area contributed by atoms with Crippen molar-refractivity contribution in [2.45, 2.75) is 20.8 Å². The predicted octanol–water partition coefficient (Wildman–Crippen LogP) is 5.37. The van der Waals surface area contributed by atoms with Crippen molar-refractivity contribution in [3.8, 4) is 22.9 Å². The molecular weight excluding hydrogens is 358 g/mol. The number of pyridine rings is 1. The van der Waals surface area contributed by atoms with Crippen molar-refractivity contribution in [1.82, 2.24) is 19.7 Å². The zero-order valence-electron chi connectivity index (χ0n) is 16.5. The summed E-state index contributed by atoms with van der Waals surface area (Å²) in [5.74, 6) is 0. The van der Waals surface area contributed by atoms with E-state index in [-0.39, 0.29) is 0 Å². The van der Waals surface area contributed by atoms with Gasteiger partial charge in [0.15, 0.2) is 0 Å². The van der Waals surface area contributed by atoms with Crippen LogP contribution in [0.2, 0.25) is 0 Å². The van der Waals surface area contributed by atoms with Crippen molar-refractivity contribution < 1.29 is 0 Å². The summed E-state index contributed by atoms with van der Waals surface area (Å²) in [6.45, 7) is 6.22. The first kappa shape index (κ1) is 17.2. The molecule has 2 aromatic carbocycles. The summed E-state index contributed by atoms with van der Waals surface area (Å²) in [6, 6.07) is 14.8. The van der Waals surface area contributed by atoms with Crippen LogP contribution < -0.4 is 0 Å². The van der Waals surface area contributed by atoms with E-state index in [1.807, 2.05) is 31.5 Å². The molecule has 5 rings (SSSR count). The molecule has 1 N–H and O–H groups in total. The van der Waals surface area contributed by atoms with Gasteiger partial charge in [-0.05, 0) is 50.1 Å². The minimum absolute atomic E-state index is 0.661. The summed E-state index contributed by atoms with van der Waals surface area (Å²) in [6.07, 6.45) is 5.62. The fourth-order valence-electron chi connectivity index (χ4n) is 3.97. The first-order chi connectivity index (χ1) is 14.1. The lowest BCUT2D eigenvalue weighted by Gasteiger charge is -2.15. The summed E-state index contributed by atoms with van der Waals surface area (Å²) in [4.78, 5) is 4.78. The Kier molecular flexibility index (Phi) is 3.75. The Hall–Kier alpha value is -3.91. The second-order valence-corrected chi connectivity index (χ2v) is 7.43. The SMILES string of the molecule is Cc1ccc2nc(C)c(C)c(-n3cc(C#N)c4ccc(-c5cn[nH]c5)cc43)c2c1.